The molecule has 5 nitrogen and oxygen atoms in total. The molecule has 0 aromatic heterocycles. The zero-order chi connectivity index (χ0) is 15.4. The lowest BCUT2D eigenvalue weighted by Gasteiger charge is -2.32. The topological polar surface area (TPSA) is 75.4 Å². The Hall–Kier alpha value is -2.18. The number of hydrogen-bond acceptors (Lipinski definition) is 2. The molecule has 3 N–H and O–H groups in total. The molecule has 1 aromatic rings. The summed E-state index contributed by atoms with van der Waals surface area (Å²) in [6.07, 6.45) is 1.59. The fourth-order valence-corrected chi connectivity index (χ4v) is 2.50. The van der Waals surface area contributed by atoms with Crippen molar-refractivity contribution in [1.29, 1.82) is 0 Å². The molecule has 21 heavy (non-hydrogen) atoms. The maximum Gasteiger partial charge on any atom is 0.312 e. The summed E-state index contributed by atoms with van der Waals surface area (Å²) in [5.74, 6) is -2.63. The van der Waals surface area contributed by atoms with E-state index in [1.165, 1.54) is 17.0 Å². The molecule has 0 radical (unpaired) electrons. The number of carbonyl (C=O) groups excluding carboxylic acids is 2. The highest BCUT2D eigenvalue weighted by Gasteiger charge is 2.26. The highest BCUT2D eigenvalue weighted by atomic mass is 19.2. The summed E-state index contributed by atoms with van der Waals surface area (Å²) < 4.78 is 26.8. The Morgan fingerprint density at radius 2 is 2.14 bits per heavy atom. The van der Waals surface area contributed by atoms with Crippen molar-refractivity contribution in [1.82, 2.24) is 10.2 Å². The van der Waals surface area contributed by atoms with Crippen molar-refractivity contribution in [2.75, 3.05) is 19.6 Å². The summed E-state index contributed by atoms with van der Waals surface area (Å²) in [6, 6.07) is 2.94. The van der Waals surface area contributed by atoms with Gasteiger partial charge in [-0.25, -0.2) is 13.6 Å². The molecule has 1 aliphatic heterocycles. The van der Waals surface area contributed by atoms with Gasteiger partial charge in [0.1, 0.15) is 0 Å². The average Bonchev–Trinajstić information content (AvgIpc) is 2.47. The largest absolute Gasteiger partial charge is 0.352 e. The molecule has 1 heterocycles. The molecule has 2 rings (SSSR count). The molecule has 1 atom stereocenters. The van der Waals surface area contributed by atoms with E-state index in [0.29, 0.717) is 19.6 Å². The van der Waals surface area contributed by atoms with Gasteiger partial charge in [0.25, 0.3) is 5.91 Å². The molecule has 1 aromatic carbocycles. The number of primary amides is 1. The zero-order valence-corrected chi connectivity index (χ0v) is 11.4. The molecule has 0 aliphatic carbocycles. The Morgan fingerprint density at radius 1 is 1.38 bits per heavy atom. The summed E-state index contributed by atoms with van der Waals surface area (Å²) in [7, 11) is 0. The second kappa shape index (κ2) is 6.51. The van der Waals surface area contributed by atoms with Crippen LogP contribution >= 0.6 is 0 Å². The van der Waals surface area contributed by atoms with Crippen molar-refractivity contribution < 1.29 is 18.4 Å². The predicted molar refractivity (Wildman–Crippen MR) is 72.6 cm³/mol. The maximum absolute atomic E-state index is 13.7. The predicted octanol–water partition coefficient (Wildman–Crippen LogP) is 1.49. The maximum atomic E-state index is 13.7. The van der Waals surface area contributed by atoms with Gasteiger partial charge in [-0.3, -0.25) is 4.79 Å². The molecule has 1 saturated heterocycles. The number of nitrogens with zero attached hydrogens (tertiary/aromatic N) is 1. The lowest BCUT2D eigenvalue weighted by molar-refractivity contribution is 0.0669. The number of benzene rings is 1. The van der Waals surface area contributed by atoms with Gasteiger partial charge in [0.05, 0.1) is 5.56 Å². The Kier molecular flexibility index (Phi) is 4.72. The first kappa shape index (κ1) is 15.2. The third-order valence-electron chi connectivity index (χ3n) is 3.55. The van der Waals surface area contributed by atoms with E-state index >= 15 is 0 Å². The number of piperidine rings is 1. The second-order valence-electron chi connectivity index (χ2n) is 5.11. The minimum atomic E-state index is -1.13. The Morgan fingerprint density at radius 3 is 2.86 bits per heavy atom. The highest BCUT2D eigenvalue weighted by molar-refractivity contribution is 5.94. The van der Waals surface area contributed by atoms with Crippen LogP contribution in [0.5, 0.6) is 0 Å². The van der Waals surface area contributed by atoms with Gasteiger partial charge in [-0.1, -0.05) is 6.07 Å². The first-order valence-electron chi connectivity index (χ1n) is 6.75. The van der Waals surface area contributed by atoms with E-state index < -0.39 is 23.6 Å². The van der Waals surface area contributed by atoms with Gasteiger partial charge in [0.15, 0.2) is 11.6 Å². The second-order valence-corrected chi connectivity index (χ2v) is 5.11. The molecule has 1 unspecified atom stereocenters. The Bertz CT molecular complexity index is 551. The van der Waals surface area contributed by atoms with Crippen LogP contribution in [0.4, 0.5) is 13.6 Å². The lowest BCUT2D eigenvalue weighted by atomic mass is 9.97. The molecule has 114 valence electrons. The third-order valence-corrected chi connectivity index (χ3v) is 3.55. The molecular weight excluding hydrogens is 280 g/mol. The summed E-state index contributed by atoms with van der Waals surface area (Å²) in [4.78, 5) is 24.4. The first-order chi connectivity index (χ1) is 9.99. The number of nitrogens with one attached hydrogen (secondary N) is 1. The minimum absolute atomic E-state index is 0.0619. The fraction of sp³-hybridized carbons (Fsp3) is 0.429. The summed E-state index contributed by atoms with van der Waals surface area (Å²) in [5, 5.41) is 2.50. The van der Waals surface area contributed by atoms with E-state index in [4.69, 9.17) is 5.73 Å². The first-order valence-corrected chi connectivity index (χ1v) is 6.75. The summed E-state index contributed by atoms with van der Waals surface area (Å²) in [6.45, 7) is 1.24. The van der Waals surface area contributed by atoms with Crippen molar-refractivity contribution in [3.8, 4) is 0 Å². The van der Waals surface area contributed by atoms with Crippen LogP contribution in [-0.4, -0.2) is 36.5 Å². The van der Waals surface area contributed by atoms with Gasteiger partial charge in [-0.2, -0.15) is 0 Å². The molecule has 0 bridgehead atoms. The van der Waals surface area contributed by atoms with Crippen LogP contribution in [0.25, 0.3) is 0 Å². The van der Waals surface area contributed by atoms with E-state index in [2.05, 4.69) is 5.32 Å². The van der Waals surface area contributed by atoms with E-state index in [0.717, 1.165) is 18.9 Å². The van der Waals surface area contributed by atoms with Crippen LogP contribution in [0.15, 0.2) is 18.2 Å². The molecule has 0 saturated carbocycles. The normalized spacial score (nSPS) is 18.4. The van der Waals surface area contributed by atoms with Gasteiger partial charge in [-0.05, 0) is 30.9 Å². The fourth-order valence-electron chi connectivity index (χ4n) is 2.50. The van der Waals surface area contributed by atoms with Gasteiger partial charge in [0, 0.05) is 19.6 Å². The van der Waals surface area contributed by atoms with Crippen molar-refractivity contribution in [3.05, 3.63) is 35.4 Å². The SMILES string of the molecule is NC(=O)NCC1CCCN(C(=O)c2cccc(F)c2F)C1. The lowest BCUT2D eigenvalue weighted by Crippen LogP contribution is -2.44. The number of hydrogen-bond donors (Lipinski definition) is 2. The van der Waals surface area contributed by atoms with Crippen molar-refractivity contribution in [3.63, 3.8) is 0 Å². The number of amides is 3. The molecule has 7 heteroatoms. The Balaban J connectivity index is 2.05. The van der Waals surface area contributed by atoms with E-state index in [1.807, 2.05) is 0 Å². The Labute approximate surface area is 121 Å². The monoisotopic (exact) mass is 297 g/mol. The van der Waals surface area contributed by atoms with Gasteiger partial charge < -0.3 is 16.0 Å². The number of halogens is 2. The number of nitrogens with two attached hydrogens (primary N) is 1. The molecule has 1 fully saturated rings. The van der Waals surface area contributed by atoms with Crippen LogP contribution in [0.2, 0.25) is 0 Å². The van der Waals surface area contributed by atoms with Gasteiger partial charge >= 0.3 is 6.03 Å². The van der Waals surface area contributed by atoms with Crippen LogP contribution in [0, 0.1) is 17.6 Å². The zero-order valence-electron chi connectivity index (χ0n) is 11.4. The number of likely N-dealkylation sites (tertiary alicyclic amines) is 1. The summed E-state index contributed by atoms with van der Waals surface area (Å²) >= 11 is 0. The quantitative estimate of drug-likeness (QED) is 0.887. The molecular formula is C14H17F2N3O2. The molecule has 0 spiro atoms. The van der Waals surface area contributed by atoms with E-state index in [1.54, 1.807) is 0 Å². The van der Waals surface area contributed by atoms with Crippen molar-refractivity contribution >= 4 is 11.9 Å². The third kappa shape index (κ3) is 3.68. The minimum Gasteiger partial charge on any atom is -0.352 e. The van der Waals surface area contributed by atoms with Gasteiger partial charge in [0.2, 0.25) is 0 Å². The molecule has 3 amide bonds. The van der Waals surface area contributed by atoms with Crippen LogP contribution in [0.3, 0.4) is 0 Å². The van der Waals surface area contributed by atoms with E-state index in [9.17, 15) is 18.4 Å². The summed E-state index contributed by atoms with van der Waals surface area (Å²) in [5.41, 5.74) is 4.74. The van der Waals surface area contributed by atoms with Crippen LogP contribution in [-0.2, 0) is 0 Å². The standard InChI is InChI=1S/C14H17F2N3O2/c15-11-5-1-4-10(12(11)16)13(20)19-6-2-3-9(8-19)7-18-14(17)21/h1,4-5,9H,2-3,6-8H2,(H3,17,18,21). The number of rotatable bonds is 3. The highest BCUT2D eigenvalue weighted by Crippen LogP contribution is 2.20. The van der Waals surface area contributed by atoms with E-state index in [-0.39, 0.29) is 11.5 Å². The molecule has 1 aliphatic rings. The number of carbonyl (C=O) groups is 2. The van der Waals surface area contributed by atoms with Crippen molar-refractivity contribution in [2.24, 2.45) is 11.7 Å². The van der Waals surface area contributed by atoms with Crippen LogP contribution < -0.4 is 11.1 Å². The number of urea groups is 1. The average molecular weight is 297 g/mol. The smallest absolute Gasteiger partial charge is 0.312 e. The van der Waals surface area contributed by atoms with Gasteiger partial charge in [-0.15, -0.1) is 0 Å². The van der Waals surface area contributed by atoms with Crippen molar-refractivity contribution in [2.45, 2.75) is 12.8 Å². The van der Waals surface area contributed by atoms with Crippen LogP contribution in [0.1, 0.15) is 23.2 Å².